The molecule has 5 nitrogen and oxygen atoms in total. The summed E-state index contributed by atoms with van der Waals surface area (Å²) in [5.41, 5.74) is 0.995. The van der Waals surface area contributed by atoms with Crippen LogP contribution < -0.4 is 0 Å². The van der Waals surface area contributed by atoms with Gasteiger partial charge in [0.2, 0.25) is 5.91 Å². The van der Waals surface area contributed by atoms with Crippen molar-refractivity contribution in [1.29, 1.82) is 0 Å². The highest BCUT2D eigenvalue weighted by atomic mass is 16.3. The third-order valence-electron chi connectivity index (χ3n) is 5.10. The van der Waals surface area contributed by atoms with Gasteiger partial charge in [-0.25, -0.2) is 0 Å². The van der Waals surface area contributed by atoms with E-state index in [9.17, 15) is 9.90 Å². The van der Waals surface area contributed by atoms with Gasteiger partial charge in [0, 0.05) is 40.2 Å². The molecule has 2 rings (SSSR count). The first kappa shape index (κ1) is 19.9. The zero-order chi connectivity index (χ0) is 18.2. The minimum Gasteiger partial charge on any atom is -0.387 e. The average Bonchev–Trinajstić information content (AvgIpc) is 2.62. The second kappa shape index (κ2) is 9.90. The van der Waals surface area contributed by atoms with Crippen LogP contribution in [0.4, 0.5) is 0 Å². The smallest absolute Gasteiger partial charge is 0.223 e. The molecule has 0 saturated carbocycles. The van der Waals surface area contributed by atoms with Gasteiger partial charge in [0.05, 0.1) is 6.10 Å². The molecule has 0 aromatic heterocycles. The van der Waals surface area contributed by atoms with Crippen LogP contribution >= 0.6 is 0 Å². The van der Waals surface area contributed by atoms with Gasteiger partial charge in [-0.2, -0.15) is 0 Å². The van der Waals surface area contributed by atoms with Gasteiger partial charge in [0.15, 0.2) is 0 Å². The highest BCUT2D eigenvalue weighted by molar-refractivity contribution is 5.75. The van der Waals surface area contributed by atoms with Crippen LogP contribution in [-0.4, -0.2) is 79.6 Å². The number of amides is 1. The SMILES string of the molecule is CN(CCC(=O)N(C)C)CC1CCN(C[C@H](O)c2ccccc2)CC1. The number of carbonyl (C=O) groups is 1. The van der Waals surface area contributed by atoms with Gasteiger partial charge in [0.1, 0.15) is 0 Å². The Bertz CT molecular complexity index is 513. The minimum absolute atomic E-state index is 0.191. The molecule has 1 heterocycles. The maximum absolute atomic E-state index is 11.7. The molecule has 5 heteroatoms. The van der Waals surface area contributed by atoms with E-state index in [1.807, 2.05) is 44.4 Å². The van der Waals surface area contributed by atoms with Crippen LogP contribution in [0, 0.1) is 5.92 Å². The second-order valence-corrected chi connectivity index (χ2v) is 7.47. The Balaban J connectivity index is 1.66. The number of likely N-dealkylation sites (tertiary alicyclic amines) is 1. The lowest BCUT2D eigenvalue weighted by molar-refractivity contribution is -0.129. The number of hydrogen-bond acceptors (Lipinski definition) is 4. The molecule has 0 radical (unpaired) electrons. The van der Waals surface area contributed by atoms with E-state index in [0.717, 1.165) is 44.6 Å². The summed E-state index contributed by atoms with van der Waals surface area (Å²) in [4.78, 5) is 18.0. The van der Waals surface area contributed by atoms with E-state index in [2.05, 4.69) is 16.8 Å². The van der Waals surface area contributed by atoms with Crippen LogP contribution in [0.2, 0.25) is 0 Å². The molecule has 25 heavy (non-hydrogen) atoms. The first-order valence-corrected chi connectivity index (χ1v) is 9.29. The van der Waals surface area contributed by atoms with Crippen molar-refractivity contribution >= 4 is 5.91 Å². The Morgan fingerprint density at radius 2 is 1.84 bits per heavy atom. The number of nitrogens with zero attached hydrogens (tertiary/aromatic N) is 3. The van der Waals surface area contributed by atoms with E-state index in [4.69, 9.17) is 0 Å². The molecule has 0 spiro atoms. The van der Waals surface area contributed by atoms with Crippen molar-refractivity contribution < 1.29 is 9.90 Å². The van der Waals surface area contributed by atoms with E-state index in [-0.39, 0.29) is 5.91 Å². The Kier molecular flexibility index (Phi) is 7.88. The number of aliphatic hydroxyl groups excluding tert-OH is 1. The van der Waals surface area contributed by atoms with Gasteiger partial charge >= 0.3 is 0 Å². The fourth-order valence-corrected chi connectivity index (χ4v) is 3.42. The molecular weight excluding hydrogens is 314 g/mol. The maximum atomic E-state index is 11.7. The lowest BCUT2D eigenvalue weighted by Crippen LogP contribution is -2.40. The number of rotatable bonds is 8. The van der Waals surface area contributed by atoms with Crippen LogP contribution in [-0.2, 0) is 4.79 Å². The largest absolute Gasteiger partial charge is 0.387 e. The quantitative estimate of drug-likeness (QED) is 0.780. The molecule has 1 atom stereocenters. The van der Waals surface area contributed by atoms with Gasteiger partial charge in [-0.1, -0.05) is 30.3 Å². The zero-order valence-corrected chi connectivity index (χ0v) is 15.9. The first-order chi connectivity index (χ1) is 12.0. The minimum atomic E-state index is -0.405. The normalized spacial score (nSPS) is 17.6. The lowest BCUT2D eigenvalue weighted by atomic mass is 9.95. The third kappa shape index (κ3) is 6.77. The summed E-state index contributed by atoms with van der Waals surface area (Å²) in [6.45, 7) is 4.67. The molecule has 1 fully saturated rings. The summed E-state index contributed by atoms with van der Waals surface area (Å²) in [5.74, 6) is 0.876. The second-order valence-electron chi connectivity index (χ2n) is 7.47. The Hall–Kier alpha value is -1.43. The number of aliphatic hydroxyl groups is 1. The van der Waals surface area contributed by atoms with Gasteiger partial charge < -0.3 is 19.8 Å². The fourth-order valence-electron chi connectivity index (χ4n) is 3.42. The van der Waals surface area contributed by atoms with Crippen molar-refractivity contribution in [3.8, 4) is 0 Å². The molecule has 1 amide bonds. The summed E-state index contributed by atoms with van der Waals surface area (Å²) in [6, 6.07) is 9.90. The van der Waals surface area contributed by atoms with Crippen molar-refractivity contribution in [1.82, 2.24) is 14.7 Å². The van der Waals surface area contributed by atoms with E-state index in [0.29, 0.717) is 18.9 Å². The van der Waals surface area contributed by atoms with Crippen LogP contribution in [0.1, 0.15) is 30.9 Å². The molecule has 1 aliphatic heterocycles. The molecule has 1 aromatic rings. The molecule has 0 bridgehead atoms. The maximum Gasteiger partial charge on any atom is 0.223 e. The zero-order valence-electron chi connectivity index (χ0n) is 15.9. The third-order valence-corrected chi connectivity index (χ3v) is 5.10. The molecule has 0 unspecified atom stereocenters. The van der Waals surface area contributed by atoms with E-state index in [1.54, 1.807) is 4.90 Å². The first-order valence-electron chi connectivity index (χ1n) is 9.29. The Labute approximate surface area is 152 Å². The van der Waals surface area contributed by atoms with Crippen molar-refractivity contribution in [3.63, 3.8) is 0 Å². The number of hydrogen-bond donors (Lipinski definition) is 1. The predicted molar refractivity (Wildman–Crippen MR) is 101 cm³/mol. The van der Waals surface area contributed by atoms with Gasteiger partial charge in [-0.15, -0.1) is 0 Å². The predicted octanol–water partition coefficient (Wildman–Crippen LogP) is 1.84. The summed E-state index contributed by atoms with van der Waals surface area (Å²) >= 11 is 0. The number of piperidine rings is 1. The monoisotopic (exact) mass is 347 g/mol. The Morgan fingerprint density at radius 3 is 2.44 bits per heavy atom. The fraction of sp³-hybridized carbons (Fsp3) is 0.650. The highest BCUT2D eigenvalue weighted by Gasteiger charge is 2.22. The van der Waals surface area contributed by atoms with Gasteiger partial charge in [-0.3, -0.25) is 4.79 Å². The average molecular weight is 348 g/mol. The highest BCUT2D eigenvalue weighted by Crippen LogP contribution is 2.21. The molecular formula is C20H33N3O2. The standard InChI is InChI=1S/C20H33N3O2/c1-21(2)20(25)11-12-22(3)15-17-9-13-23(14-10-17)16-19(24)18-7-5-4-6-8-18/h4-8,17,19,24H,9-16H2,1-3H3/t19-/m0/s1. The topological polar surface area (TPSA) is 47.0 Å². The molecule has 1 N–H and O–H groups in total. The number of benzene rings is 1. The van der Waals surface area contributed by atoms with Crippen molar-refractivity contribution in [2.45, 2.75) is 25.4 Å². The summed E-state index contributed by atoms with van der Waals surface area (Å²) in [7, 11) is 5.72. The summed E-state index contributed by atoms with van der Waals surface area (Å²) in [6.07, 6.45) is 2.50. The molecule has 140 valence electrons. The van der Waals surface area contributed by atoms with E-state index >= 15 is 0 Å². The number of carbonyl (C=O) groups excluding carboxylic acids is 1. The van der Waals surface area contributed by atoms with Crippen molar-refractivity contribution in [2.24, 2.45) is 5.92 Å². The summed E-state index contributed by atoms with van der Waals surface area (Å²) < 4.78 is 0. The number of β-amino-alcohol motifs (C(OH)–C–C–N with tert-alkyl or cyclic N) is 1. The lowest BCUT2D eigenvalue weighted by Gasteiger charge is -2.35. The molecule has 1 aliphatic rings. The van der Waals surface area contributed by atoms with Crippen LogP contribution in [0.15, 0.2) is 30.3 Å². The van der Waals surface area contributed by atoms with E-state index < -0.39 is 6.10 Å². The molecule has 1 aromatic carbocycles. The summed E-state index contributed by atoms with van der Waals surface area (Å²) in [5, 5.41) is 10.4. The van der Waals surface area contributed by atoms with Crippen molar-refractivity contribution in [3.05, 3.63) is 35.9 Å². The van der Waals surface area contributed by atoms with Crippen LogP contribution in [0.3, 0.4) is 0 Å². The van der Waals surface area contributed by atoms with Crippen LogP contribution in [0.5, 0.6) is 0 Å². The molecule has 0 aliphatic carbocycles. The van der Waals surface area contributed by atoms with E-state index in [1.165, 1.54) is 0 Å². The van der Waals surface area contributed by atoms with Crippen molar-refractivity contribution in [2.75, 3.05) is 53.9 Å². The molecule has 1 saturated heterocycles. The van der Waals surface area contributed by atoms with Gasteiger partial charge in [0.25, 0.3) is 0 Å². The van der Waals surface area contributed by atoms with Crippen LogP contribution in [0.25, 0.3) is 0 Å². The Morgan fingerprint density at radius 1 is 1.20 bits per heavy atom. The van der Waals surface area contributed by atoms with Gasteiger partial charge in [-0.05, 0) is 44.5 Å².